The lowest BCUT2D eigenvalue weighted by Gasteiger charge is -2.30. The van der Waals surface area contributed by atoms with Crippen molar-refractivity contribution in [3.05, 3.63) is 29.8 Å². The molecule has 36 heavy (non-hydrogen) atoms. The fourth-order valence-electron chi connectivity index (χ4n) is 3.89. The topological polar surface area (TPSA) is 206 Å². The van der Waals surface area contributed by atoms with E-state index in [2.05, 4.69) is 29.8 Å². The highest BCUT2D eigenvalue weighted by atomic mass is 35.5. The van der Waals surface area contributed by atoms with E-state index in [0.717, 1.165) is 57.4 Å². The molecule has 0 saturated carbocycles. The van der Waals surface area contributed by atoms with E-state index in [1.807, 2.05) is 0 Å². The van der Waals surface area contributed by atoms with E-state index >= 15 is 0 Å². The molecule has 0 aliphatic carbocycles. The van der Waals surface area contributed by atoms with Crippen LogP contribution in [0.3, 0.4) is 0 Å². The molecule has 0 radical (unpaired) electrons. The second kappa shape index (κ2) is 16.2. The van der Waals surface area contributed by atoms with Crippen molar-refractivity contribution in [3.8, 4) is 5.75 Å². The van der Waals surface area contributed by atoms with Crippen LogP contribution in [-0.4, -0.2) is 47.5 Å². The minimum absolute atomic E-state index is 0. The summed E-state index contributed by atoms with van der Waals surface area (Å²) < 4.78 is 40.9. The number of alkyl halides is 3. The van der Waals surface area contributed by atoms with Crippen molar-refractivity contribution in [2.24, 2.45) is 0 Å². The molecule has 0 bridgehead atoms. The van der Waals surface area contributed by atoms with Gasteiger partial charge in [-0.25, -0.2) is 0 Å². The fraction of sp³-hybridized carbons (Fsp3) is 0.571. The molecule has 0 spiro atoms. The van der Waals surface area contributed by atoms with Gasteiger partial charge in [-0.3, -0.25) is 0 Å². The molecule has 2 aliphatic rings. The van der Waals surface area contributed by atoms with Crippen LogP contribution in [0.5, 0.6) is 5.75 Å². The summed E-state index contributed by atoms with van der Waals surface area (Å²) in [4.78, 5) is 18.4. The van der Waals surface area contributed by atoms with Crippen LogP contribution in [0.15, 0.2) is 24.3 Å². The molecule has 0 atom stereocenters. The highest BCUT2D eigenvalue weighted by Crippen LogP contribution is 2.24. The van der Waals surface area contributed by atoms with Crippen LogP contribution in [0, 0.1) is 0 Å². The number of hydrogen-bond donors (Lipinski definition) is 5. The number of nitrogens with zero attached hydrogens (tertiary/aromatic N) is 5. The Morgan fingerprint density at radius 2 is 1.19 bits per heavy atom. The number of aromatic nitrogens is 3. The predicted octanol–water partition coefficient (Wildman–Crippen LogP) is 6.42. The number of nitrogens with one attached hydrogen (secondary N) is 1. The van der Waals surface area contributed by atoms with Gasteiger partial charge in [0.2, 0.25) is 17.8 Å². The highest BCUT2D eigenvalue weighted by Gasteiger charge is 2.31. The standard InChI is InChI=1S/C21H27F3N6O.ClH.4H3N.4H2/c22-21(23,24)31-17-9-7-16(8-10-17)15-25-18-26-19(29-11-3-1-4-12-29)28-20(27-18)30-13-5-2-6-14-30;;;;;;;;;/h7-10H,1-6,11-15H2,(H,25,26,27,28);1H;4*1H3;4*1H. The molecule has 11 nitrogen and oxygen atoms in total. The molecule has 4 rings (SSSR count). The molecule has 1 aromatic carbocycles. The van der Waals surface area contributed by atoms with Gasteiger partial charge < -0.3 is 44.5 Å². The van der Waals surface area contributed by atoms with E-state index < -0.39 is 6.36 Å². The monoisotopic (exact) mass is 548 g/mol. The van der Waals surface area contributed by atoms with Gasteiger partial charge in [-0.2, -0.15) is 15.0 Å². The van der Waals surface area contributed by atoms with Gasteiger partial charge in [0.05, 0.1) is 0 Å². The Hall–Kier alpha value is -2.65. The summed E-state index contributed by atoms with van der Waals surface area (Å²) in [5.74, 6) is 1.61. The second-order valence-electron chi connectivity index (χ2n) is 7.90. The van der Waals surface area contributed by atoms with Crippen LogP contribution in [-0.2, 0) is 6.54 Å². The number of anilines is 3. The van der Waals surface area contributed by atoms with E-state index in [0.29, 0.717) is 24.4 Å². The van der Waals surface area contributed by atoms with Crippen molar-refractivity contribution < 1.29 is 23.6 Å². The van der Waals surface area contributed by atoms with Crippen molar-refractivity contribution in [3.63, 3.8) is 0 Å². The van der Waals surface area contributed by atoms with Crippen molar-refractivity contribution in [2.45, 2.75) is 51.4 Å². The lowest BCUT2D eigenvalue weighted by Crippen LogP contribution is -2.34. The minimum Gasteiger partial charge on any atom is -0.406 e. The second-order valence-corrected chi connectivity index (χ2v) is 7.90. The number of halogens is 4. The first-order chi connectivity index (χ1) is 15.0. The van der Waals surface area contributed by atoms with Crippen LogP contribution in [0.2, 0.25) is 0 Å². The first kappa shape index (κ1) is 35.5. The number of ether oxygens (including phenoxy) is 1. The van der Waals surface area contributed by atoms with E-state index in [1.54, 1.807) is 12.1 Å². The maximum absolute atomic E-state index is 12.3. The maximum atomic E-state index is 12.3. The van der Waals surface area contributed by atoms with Crippen LogP contribution in [0.25, 0.3) is 0 Å². The Balaban J connectivity index is -0.000000321. The van der Waals surface area contributed by atoms with Crippen LogP contribution < -0.4 is 44.5 Å². The fourth-order valence-corrected chi connectivity index (χ4v) is 3.89. The number of rotatable bonds is 6. The molecule has 2 saturated heterocycles. The largest absolute Gasteiger partial charge is 0.573 e. The number of benzene rings is 1. The van der Waals surface area contributed by atoms with Gasteiger partial charge in [-0.05, 0) is 56.2 Å². The molecule has 15 heteroatoms. The molecule has 2 aliphatic heterocycles. The molecule has 2 fully saturated rings. The van der Waals surface area contributed by atoms with Gasteiger partial charge in [-0.1, -0.05) is 12.1 Å². The normalized spacial score (nSPS) is 15.1. The molecule has 13 N–H and O–H groups in total. The van der Waals surface area contributed by atoms with E-state index in [-0.39, 0.29) is 48.5 Å². The van der Waals surface area contributed by atoms with Gasteiger partial charge in [-0.15, -0.1) is 25.6 Å². The summed E-state index contributed by atoms with van der Waals surface area (Å²) in [5.41, 5.74) is 0.800. The summed E-state index contributed by atoms with van der Waals surface area (Å²) >= 11 is 0. The van der Waals surface area contributed by atoms with Crippen LogP contribution >= 0.6 is 12.4 Å². The Morgan fingerprint density at radius 3 is 1.61 bits per heavy atom. The summed E-state index contributed by atoms with van der Waals surface area (Å²) in [5, 5.41) is 3.21. The smallest absolute Gasteiger partial charge is 0.406 e. The number of piperidine rings is 2. The molecule has 0 unspecified atom stereocenters. The lowest BCUT2D eigenvalue weighted by molar-refractivity contribution is -0.274. The SMILES string of the molecule is Cl.FC(F)(F)Oc1ccc(CNc2nc(N3CCCCC3)nc(N3CCCCC3)n2)cc1.N.N.N.N.[HH].[HH].[HH].[HH]. The van der Waals surface area contributed by atoms with E-state index in [1.165, 1.54) is 25.0 Å². The molecule has 0 amide bonds. The van der Waals surface area contributed by atoms with Gasteiger partial charge in [0.1, 0.15) is 5.75 Å². The van der Waals surface area contributed by atoms with Gasteiger partial charge in [0.15, 0.2) is 0 Å². The third kappa shape index (κ3) is 10.1. The zero-order chi connectivity index (χ0) is 21.7. The van der Waals surface area contributed by atoms with E-state index in [9.17, 15) is 13.2 Å². The van der Waals surface area contributed by atoms with Crippen molar-refractivity contribution in [2.75, 3.05) is 41.3 Å². The highest BCUT2D eigenvalue weighted by molar-refractivity contribution is 5.85. The van der Waals surface area contributed by atoms with Crippen LogP contribution in [0.1, 0.15) is 49.8 Å². The molecule has 2 aromatic rings. The molecular formula is C21H48ClF3N10O. The Morgan fingerprint density at radius 1 is 0.750 bits per heavy atom. The zero-order valence-electron chi connectivity index (χ0n) is 20.6. The average molecular weight is 549 g/mol. The Kier molecular flexibility index (Phi) is 15.9. The zero-order valence-corrected chi connectivity index (χ0v) is 21.4. The molecular weight excluding hydrogens is 501 g/mol. The summed E-state index contributed by atoms with van der Waals surface area (Å²) in [6.07, 6.45) is 2.25. The van der Waals surface area contributed by atoms with Crippen molar-refractivity contribution in [1.82, 2.24) is 39.6 Å². The quantitative estimate of drug-likeness (QED) is 0.266. The summed E-state index contributed by atoms with van der Waals surface area (Å²) in [6, 6.07) is 5.78. The summed E-state index contributed by atoms with van der Waals surface area (Å²) in [7, 11) is 0. The third-order valence-corrected chi connectivity index (χ3v) is 5.50. The minimum atomic E-state index is -4.69. The van der Waals surface area contributed by atoms with Crippen LogP contribution in [0.4, 0.5) is 31.0 Å². The van der Waals surface area contributed by atoms with Gasteiger partial charge in [0.25, 0.3) is 0 Å². The molecule has 216 valence electrons. The predicted molar refractivity (Wildman–Crippen MR) is 148 cm³/mol. The van der Waals surface area contributed by atoms with Crippen molar-refractivity contribution in [1.29, 1.82) is 0 Å². The molecule has 1 aromatic heterocycles. The third-order valence-electron chi connectivity index (χ3n) is 5.50. The van der Waals surface area contributed by atoms with Gasteiger partial charge in [0, 0.05) is 38.4 Å². The Labute approximate surface area is 222 Å². The first-order valence-electron chi connectivity index (χ1n) is 10.8. The average Bonchev–Trinajstić information content (AvgIpc) is 2.79. The lowest BCUT2D eigenvalue weighted by atomic mass is 10.1. The van der Waals surface area contributed by atoms with Gasteiger partial charge >= 0.3 is 6.36 Å². The number of hydrogen-bond acceptors (Lipinski definition) is 11. The molecule has 3 heterocycles. The van der Waals surface area contributed by atoms with Crippen molar-refractivity contribution >= 4 is 30.3 Å². The first-order valence-corrected chi connectivity index (χ1v) is 10.8. The van der Waals surface area contributed by atoms with E-state index in [4.69, 9.17) is 4.98 Å². The summed E-state index contributed by atoms with van der Waals surface area (Å²) in [6.45, 7) is 4.12. The maximum Gasteiger partial charge on any atom is 0.573 e. The Bertz CT molecular complexity index is 847.